The van der Waals surface area contributed by atoms with Gasteiger partial charge in [-0.1, -0.05) is 74.5 Å². The zero-order valence-electron chi connectivity index (χ0n) is 19.3. The van der Waals surface area contributed by atoms with Gasteiger partial charge < -0.3 is 10.2 Å². The molecule has 0 bridgehead atoms. The van der Waals surface area contributed by atoms with E-state index in [1.165, 1.54) is 5.56 Å². The highest BCUT2D eigenvalue weighted by molar-refractivity contribution is 5.90. The minimum absolute atomic E-state index is 0.243. The Morgan fingerprint density at radius 2 is 1.70 bits per heavy atom. The van der Waals surface area contributed by atoms with Crippen LogP contribution in [0, 0.1) is 12.8 Å². The summed E-state index contributed by atoms with van der Waals surface area (Å²) >= 11 is 0. The highest BCUT2D eigenvalue weighted by Gasteiger charge is 2.48. The summed E-state index contributed by atoms with van der Waals surface area (Å²) in [6.45, 7) is 6.33. The van der Waals surface area contributed by atoms with Crippen LogP contribution in [-0.2, 0) is 21.4 Å². The van der Waals surface area contributed by atoms with Crippen molar-refractivity contribution in [3.63, 3.8) is 0 Å². The van der Waals surface area contributed by atoms with Crippen LogP contribution in [0.5, 0.6) is 0 Å². The lowest BCUT2D eigenvalue weighted by Crippen LogP contribution is -2.42. The Bertz CT molecular complexity index is 1190. The monoisotopic (exact) mass is 442 g/mol. The van der Waals surface area contributed by atoms with Crippen LogP contribution < -0.4 is 0 Å². The first-order valence-corrected chi connectivity index (χ1v) is 11.5. The number of fused-ring (bicyclic) bond motifs is 1. The van der Waals surface area contributed by atoms with Crippen LogP contribution in [0.15, 0.2) is 66.7 Å². The quantitative estimate of drug-likeness (QED) is 0.477. The number of hydrogen-bond acceptors (Lipinski definition) is 2. The van der Waals surface area contributed by atoms with Crippen LogP contribution >= 0.6 is 0 Å². The van der Waals surface area contributed by atoms with Gasteiger partial charge in [0.1, 0.15) is 5.41 Å². The van der Waals surface area contributed by atoms with E-state index in [-0.39, 0.29) is 12.8 Å². The van der Waals surface area contributed by atoms with Gasteiger partial charge in [-0.3, -0.25) is 9.59 Å². The Morgan fingerprint density at radius 3 is 2.30 bits per heavy atom. The summed E-state index contributed by atoms with van der Waals surface area (Å²) in [6.07, 6.45) is 1.45. The topological polar surface area (TPSA) is 74.6 Å². The van der Waals surface area contributed by atoms with Gasteiger partial charge in [0.05, 0.1) is 5.92 Å². The SMILES string of the molecule is Cc1ccccc1-c1ccc2c(c1)C(C(=O)O)(c1ccc(CC(C)C)cc1)CCC2C(=O)O. The number of carbonyl (C=O) groups is 2. The number of carboxylic acid groups (broad SMARTS) is 2. The average Bonchev–Trinajstić information content (AvgIpc) is 2.78. The van der Waals surface area contributed by atoms with E-state index in [4.69, 9.17) is 0 Å². The van der Waals surface area contributed by atoms with Crippen molar-refractivity contribution in [3.05, 3.63) is 94.5 Å². The number of carboxylic acids is 2. The van der Waals surface area contributed by atoms with E-state index >= 15 is 0 Å². The van der Waals surface area contributed by atoms with E-state index in [1.807, 2.05) is 73.7 Å². The average molecular weight is 443 g/mol. The lowest BCUT2D eigenvalue weighted by Gasteiger charge is -2.39. The first kappa shape index (κ1) is 22.8. The standard InChI is InChI=1S/C29H30O4/c1-18(2)16-20-8-11-22(12-9-20)29(28(32)33)15-14-25(27(30)31)24-13-10-21(17-26(24)29)23-7-5-4-6-19(23)3/h4-13,17-18,25H,14-16H2,1-3H3,(H,30,31)(H,32,33). The van der Waals surface area contributed by atoms with E-state index in [2.05, 4.69) is 13.8 Å². The molecule has 0 aliphatic heterocycles. The van der Waals surface area contributed by atoms with E-state index in [1.54, 1.807) is 0 Å². The molecule has 3 aromatic rings. The van der Waals surface area contributed by atoms with Crippen LogP contribution in [-0.4, -0.2) is 22.2 Å². The molecule has 0 aromatic heterocycles. The molecule has 4 rings (SSSR count). The maximum absolute atomic E-state index is 12.9. The van der Waals surface area contributed by atoms with Crippen molar-refractivity contribution in [3.8, 4) is 11.1 Å². The smallest absolute Gasteiger partial charge is 0.318 e. The van der Waals surface area contributed by atoms with E-state index < -0.39 is 23.3 Å². The van der Waals surface area contributed by atoms with Gasteiger partial charge in [-0.2, -0.15) is 0 Å². The molecule has 2 atom stereocenters. The van der Waals surface area contributed by atoms with Crippen LogP contribution in [0.2, 0.25) is 0 Å². The second-order valence-corrected chi connectivity index (χ2v) is 9.55. The van der Waals surface area contributed by atoms with Gasteiger partial charge in [0.25, 0.3) is 0 Å². The van der Waals surface area contributed by atoms with Gasteiger partial charge in [0.2, 0.25) is 0 Å². The molecule has 0 heterocycles. The van der Waals surface area contributed by atoms with E-state index in [0.29, 0.717) is 22.6 Å². The molecular formula is C29H30O4. The number of rotatable bonds is 6. The van der Waals surface area contributed by atoms with E-state index in [0.717, 1.165) is 23.1 Å². The third-order valence-electron chi connectivity index (χ3n) is 6.91. The number of aryl methyl sites for hydroxylation is 1. The molecule has 0 fully saturated rings. The van der Waals surface area contributed by atoms with Gasteiger partial charge >= 0.3 is 11.9 Å². The fourth-order valence-electron chi connectivity index (χ4n) is 5.24. The fourth-order valence-corrected chi connectivity index (χ4v) is 5.24. The van der Waals surface area contributed by atoms with Crippen LogP contribution in [0.25, 0.3) is 11.1 Å². The predicted molar refractivity (Wildman–Crippen MR) is 130 cm³/mol. The molecule has 170 valence electrons. The molecule has 0 radical (unpaired) electrons. The number of benzene rings is 3. The lowest BCUT2D eigenvalue weighted by atomic mass is 9.62. The highest BCUT2D eigenvalue weighted by Crippen LogP contribution is 2.48. The summed E-state index contributed by atoms with van der Waals surface area (Å²) in [6, 6.07) is 21.4. The molecule has 1 aliphatic rings. The van der Waals surface area contributed by atoms with E-state index in [9.17, 15) is 19.8 Å². The van der Waals surface area contributed by atoms with Gasteiger partial charge in [0, 0.05) is 0 Å². The van der Waals surface area contributed by atoms with Crippen molar-refractivity contribution in [1.82, 2.24) is 0 Å². The molecule has 33 heavy (non-hydrogen) atoms. The van der Waals surface area contributed by atoms with Gasteiger partial charge in [-0.15, -0.1) is 0 Å². The van der Waals surface area contributed by atoms with Crippen LogP contribution in [0.4, 0.5) is 0 Å². The van der Waals surface area contributed by atoms with Crippen LogP contribution in [0.3, 0.4) is 0 Å². The van der Waals surface area contributed by atoms with Crippen molar-refractivity contribution in [2.45, 2.75) is 51.4 Å². The third-order valence-corrected chi connectivity index (χ3v) is 6.91. The van der Waals surface area contributed by atoms with Crippen molar-refractivity contribution in [1.29, 1.82) is 0 Å². The predicted octanol–water partition coefficient (Wildman–Crippen LogP) is 6.19. The molecule has 0 saturated carbocycles. The zero-order valence-corrected chi connectivity index (χ0v) is 19.3. The summed E-state index contributed by atoms with van der Waals surface area (Å²) in [5.41, 5.74) is 4.78. The van der Waals surface area contributed by atoms with Crippen molar-refractivity contribution in [2.75, 3.05) is 0 Å². The minimum atomic E-state index is -1.28. The van der Waals surface area contributed by atoms with Gasteiger partial charge in [-0.05, 0) is 77.1 Å². The Morgan fingerprint density at radius 1 is 1.00 bits per heavy atom. The van der Waals surface area contributed by atoms with Crippen molar-refractivity contribution < 1.29 is 19.8 Å². The van der Waals surface area contributed by atoms with Crippen molar-refractivity contribution in [2.24, 2.45) is 5.92 Å². The second-order valence-electron chi connectivity index (χ2n) is 9.55. The first-order chi connectivity index (χ1) is 15.7. The molecule has 2 N–H and O–H groups in total. The summed E-state index contributed by atoms with van der Waals surface area (Å²) in [7, 11) is 0. The minimum Gasteiger partial charge on any atom is -0.481 e. The largest absolute Gasteiger partial charge is 0.481 e. The second kappa shape index (κ2) is 8.86. The molecule has 4 nitrogen and oxygen atoms in total. The molecule has 4 heteroatoms. The van der Waals surface area contributed by atoms with Gasteiger partial charge in [0.15, 0.2) is 0 Å². The Hall–Kier alpha value is -3.40. The lowest BCUT2D eigenvalue weighted by molar-refractivity contribution is -0.145. The summed E-state index contributed by atoms with van der Waals surface area (Å²) in [5, 5.41) is 20.5. The third kappa shape index (κ3) is 4.06. The first-order valence-electron chi connectivity index (χ1n) is 11.5. The molecule has 0 amide bonds. The normalized spacial score (nSPS) is 19.8. The number of hydrogen-bond donors (Lipinski definition) is 2. The van der Waals surface area contributed by atoms with Gasteiger partial charge in [-0.25, -0.2) is 0 Å². The molecule has 3 aromatic carbocycles. The Kier molecular flexibility index (Phi) is 6.11. The summed E-state index contributed by atoms with van der Waals surface area (Å²) in [4.78, 5) is 25.0. The molecule has 0 saturated heterocycles. The highest BCUT2D eigenvalue weighted by atomic mass is 16.4. The molecular weight excluding hydrogens is 412 g/mol. The maximum atomic E-state index is 12.9. The maximum Gasteiger partial charge on any atom is 0.318 e. The van der Waals surface area contributed by atoms with Crippen molar-refractivity contribution >= 4 is 11.9 Å². The molecule has 2 unspecified atom stereocenters. The summed E-state index contributed by atoms with van der Waals surface area (Å²) < 4.78 is 0. The molecule has 0 spiro atoms. The Labute approximate surface area is 194 Å². The number of aliphatic carboxylic acids is 2. The fraction of sp³-hybridized carbons (Fsp3) is 0.310. The van der Waals surface area contributed by atoms with Crippen LogP contribution in [0.1, 0.15) is 60.4 Å². The Balaban J connectivity index is 1.93. The summed E-state index contributed by atoms with van der Waals surface area (Å²) in [5.74, 6) is -2.05. The molecule has 1 aliphatic carbocycles. The zero-order chi connectivity index (χ0) is 23.8.